The number of likely N-dealkylation sites (tertiary alicyclic amines) is 1. The maximum atomic E-state index is 5.24. The minimum absolute atomic E-state index is 0.789. The van der Waals surface area contributed by atoms with E-state index in [-0.39, 0.29) is 0 Å². The Hall–Kier alpha value is -0.0800. The third-order valence-electron chi connectivity index (χ3n) is 1.71. The molecule has 1 rings (SSSR count). The van der Waals surface area contributed by atoms with Crippen molar-refractivity contribution in [2.45, 2.75) is 6.92 Å². The molecule has 0 amide bonds. The second kappa shape index (κ2) is 3.18. The largest absolute Gasteiger partial charge is 0.467 e. The highest BCUT2D eigenvalue weighted by molar-refractivity contribution is 4.61. The fraction of sp³-hybridized carbons (Fsp3) is 0.857. The van der Waals surface area contributed by atoms with Gasteiger partial charge in [-0.2, -0.15) is 7.05 Å². The van der Waals surface area contributed by atoms with Gasteiger partial charge in [0.05, 0.1) is 25.6 Å². The average Bonchev–Trinajstić information content (AvgIpc) is 1.78. The van der Waals surface area contributed by atoms with Gasteiger partial charge in [0.25, 0.3) is 0 Å². The Morgan fingerprint density at radius 3 is 2.78 bits per heavy atom. The van der Waals surface area contributed by atoms with E-state index in [1.807, 2.05) is 6.92 Å². The van der Waals surface area contributed by atoms with Gasteiger partial charge in [-0.25, -0.2) is 0 Å². The molecule has 0 aromatic rings. The summed E-state index contributed by atoms with van der Waals surface area (Å²) in [6.45, 7) is 6.21. The Labute approximate surface area is 56.8 Å². The molecule has 1 saturated heterocycles. The van der Waals surface area contributed by atoms with Gasteiger partial charge >= 0.3 is 0 Å². The second-order valence-corrected chi connectivity index (χ2v) is 2.68. The summed E-state index contributed by atoms with van der Waals surface area (Å²) in [5.41, 5.74) is 0. The van der Waals surface area contributed by atoms with Gasteiger partial charge in [0.2, 0.25) is 0 Å². The van der Waals surface area contributed by atoms with Crippen LogP contribution in [-0.4, -0.2) is 26.3 Å². The molecular formula is C7H15NO. The Kier molecular flexibility index (Phi) is 2.49. The van der Waals surface area contributed by atoms with E-state index in [1.54, 1.807) is 0 Å². The molecule has 0 radical (unpaired) electrons. The Balaban J connectivity index is 1.91. The molecule has 0 unspecified atom stereocenters. The lowest BCUT2D eigenvalue weighted by molar-refractivity contribution is -0.907. The quantitative estimate of drug-likeness (QED) is 0.499. The summed E-state index contributed by atoms with van der Waals surface area (Å²) in [4.78, 5) is 1.39. The number of quaternary nitrogens is 1. The van der Waals surface area contributed by atoms with Crippen LogP contribution in [0.5, 0.6) is 0 Å². The summed E-state index contributed by atoms with van der Waals surface area (Å²) in [6, 6.07) is 0. The Morgan fingerprint density at radius 1 is 1.67 bits per heavy atom. The predicted octanol–water partition coefficient (Wildman–Crippen LogP) is -0.671. The fourth-order valence-electron chi connectivity index (χ4n) is 1.16. The zero-order valence-corrected chi connectivity index (χ0v) is 6.02. The molecule has 2 heteroatoms. The number of nitrogens with one attached hydrogen (secondary N) is 1. The summed E-state index contributed by atoms with van der Waals surface area (Å²) >= 11 is 0. The fourth-order valence-corrected chi connectivity index (χ4v) is 1.16. The number of ether oxygens (including phenoxy) is 1. The zero-order chi connectivity index (χ0) is 6.69. The number of hydrogen-bond donors (Lipinski definition) is 1. The molecule has 0 atom stereocenters. The van der Waals surface area contributed by atoms with Crippen LogP contribution in [0.15, 0.2) is 0 Å². The highest BCUT2D eigenvalue weighted by Gasteiger charge is 2.23. The molecule has 0 aromatic carbocycles. The van der Waals surface area contributed by atoms with E-state index < -0.39 is 0 Å². The topological polar surface area (TPSA) is 13.7 Å². The normalized spacial score (nSPS) is 34.0. The second-order valence-electron chi connectivity index (χ2n) is 2.68. The van der Waals surface area contributed by atoms with E-state index in [2.05, 4.69) is 7.05 Å². The highest BCUT2D eigenvalue weighted by atomic mass is 16.5. The molecule has 1 aliphatic rings. The van der Waals surface area contributed by atoms with Crippen molar-refractivity contribution < 1.29 is 9.64 Å². The molecule has 0 saturated carbocycles. The average molecular weight is 129 g/mol. The van der Waals surface area contributed by atoms with E-state index in [1.165, 1.54) is 18.0 Å². The third kappa shape index (κ3) is 1.95. The molecule has 0 aromatic heterocycles. The SMILES string of the molecule is [CH2-][NH+]1CC(COCC)C1. The standard InChI is InChI=1S/C7H15NO/c1-3-9-6-7-4-8(2)5-7/h7-8H,2-6H2,1H3. The van der Waals surface area contributed by atoms with Crippen molar-refractivity contribution in [3.05, 3.63) is 7.05 Å². The van der Waals surface area contributed by atoms with Gasteiger partial charge in [0, 0.05) is 6.61 Å². The van der Waals surface area contributed by atoms with Crippen molar-refractivity contribution in [3.63, 3.8) is 0 Å². The van der Waals surface area contributed by atoms with Crippen LogP contribution in [0.4, 0.5) is 0 Å². The van der Waals surface area contributed by atoms with E-state index in [0.717, 1.165) is 19.1 Å². The molecule has 54 valence electrons. The van der Waals surface area contributed by atoms with Gasteiger partial charge in [-0.1, -0.05) is 0 Å². The van der Waals surface area contributed by atoms with Crippen molar-refractivity contribution in [3.8, 4) is 0 Å². The van der Waals surface area contributed by atoms with Gasteiger partial charge in [-0.05, 0) is 6.92 Å². The van der Waals surface area contributed by atoms with Crippen LogP contribution in [0.2, 0.25) is 0 Å². The van der Waals surface area contributed by atoms with Crippen LogP contribution in [0.1, 0.15) is 6.92 Å². The van der Waals surface area contributed by atoms with Crippen LogP contribution in [0, 0.1) is 13.0 Å². The Morgan fingerprint density at radius 2 is 2.33 bits per heavy atom. The monoisotopic (exact) mass is 129 g/mol. The predicted molar refractivity (Wildman–Crippen MR) is 36.0 cm³/mol. The lowest BCUT2D eigenvalue weighted by Gasteiger charge is -2.37. The van der Waals surface area contributed by atoms with E-state index in [9.17, 15) is 0 Å². The summed E-state index contributed by atoms with van der Waals surface area (Å²) < 4.78 is 5.24. The van der Waals surface area contributed by atoms with E-state index in [0.29, 0.717) is 0 Å². The number of rotatable bonds is 3. The summed E-state index contributed by atoms with van der Waals surface area (Å²) in [5, 5.41) is 0. The molecule has 0 spiro atoms. The van der Waals surface area contributed by atoms with Crippen molar-refractivity contribution in [1.82, 2.24) is 0 Å². The zero-order valence-electron chi connectivity index (χ0n) is 6.02. The maximum absolute atomic E-state index is 5.24. The smallest absolute Gasteiger partial charge is 0.0761 e. The van der Waals surface area contributed by atoms with Crippen molar-refractivity contribution in [2.75, 3.05) is 26.3 Å². The van der Waals surface area contributed by atoms with Crippen LogP contribution >= 0.6 is 0 Å². The van der Waals surface area contributed by atoms with Gasteiger partial charge in [-0.3, -0.25) is 0 Å². The molecule has 0 bridgehead atoms. The molecular weight excluding hydrogens is 114 g/mol. The molecule has 1 fully saturated rings. The van der Waals surface area contributed by atoms with Crippen molar-refractivity contribution in [1.29, 1.82) is 0 Å². The first-order chi connectivity index (χ1) is 4.33. The first kappa shape index (κ1) is 7.03. The highest BCUT2D eigenvalue weighted by Crippen LogP contribution is 1.96. The molecule has 1 heterocycles. The molecule has 9 heavy (non-hydrogen) atoms. The number of hydrogen-bond acceptors (Lipinski definition) is 1. The molecule has 1 N–H and O–H groups in total. The molecule has 0 aliphatic carbocycles. The first-order valence-corrected chi connectivity index (χ1v) is 3.57. The van der Waals surface area contributed by atoms with Crippen LogP contribution in [0.25, 0.3) is 0 Å². The van der Waals surface area contributed by atoms with Gasteiger partial charge in [-0.15, -0.1) is 0 Å². The molecule has 2 nitrogen and oxygen atoms in total. The van der Waals surface area contributed by atoms with Crippen LogP contribution < -0.4 is 4.90 Å². The lowest BCUT2D eigenvalue weighted by Crippen LogP contribution is -3.15. The van der Waals surface area contributed by atoms with Gasteiger partial charge < -0.3 is 9.64 Å². The summed E-state index contributed by atoms with van der Waals surface area (Å²) in [7, 11) is 3.86. The maximum Gasteiger partial charge on any atom is 0.0761 e. The van der Waals surface area contributed by atoms with E-state index >= 15 is 0 Å². The summed E-state index contributed by atoms with van der Waals surface area (Å²) in [6.07, 6.45) is 0. The third-order valence-corrected chi connectivity index (χ3v) is 1.71. The first-order valence-electron chi connectivity index (χ1n) is 3.57. The van der Waals surface area contributed by atoms with Crippen molar-refractivity contribution in [2.24, 2.45) is 5.92 Å². The van der Waals surface area contributed by atoms with E-state index in [4.69, 9.17) is 4.74 Å². The van der Waals surface area contributed by atoms with Gasteiger partial charge in [0.15, 0.2) is 0 Å². The Bertz CT molecular complexity index is 79.0. The minimum atomic E-state index is 0.789. The van der Waals surface area contributed by atoms with Crippen LogP contribution in [0.3, 0.4) is 0 Å². The van der Waals surface area contributed by atoms with Crippen LogP contribution in [-0.2, 0) is 4.74 Å². The van der Waals surface area contributed by atoms with Gasteiger partial charge in [0.1, 0.15) is 0 Å². The minimum Gasteiger partial charge on any atom is -0.467 e. The lowest BCUT2D eigenvalue weighted by atomic mass is 10.0. The molecule has 1 aliphatic heterocycles. The summed E-state index contributed by atoms with van der Waals surface area (Å²) in [5.74, 6) is 0.789. The van der Waals surface area contributed by atoms with Crippen molar-refractivity contribution >= 4 is 0 Å².